The average Bonchev–Trinajstić information content (AvgIpc) is 2.40. The summed E-state index contributed by atoms with van der Waals surface area (Å²) >= 11 is 3.57. The number of rotatable bonds is 4. The molecular formula is C17H20BrN. The maximum Gasteiger partial charge on any atom is 0.0489 e. The van der Waals surface area contributed by atoms with E-state index in [9.17, 15) is 0 Å². The van der Waals surface area contributed by atoms with Crippen molar-refractivity contribution in [2.24, 2.45) is 0 Å². The Balaban J connectivity index is 2.04. The van der Waals surface area contributed by atoms with Crippen molar-refractivity contribution >= 4 is 21.6 Å². The number of hydrogen-bond acceptors (Lipinski definition) is 1. The molecule has 0 fully saturated rings. The minimum absolute atomic E-state index is 0.591. The Morgan fingerprint density at radius 3 is 2.37 bits per heavy atom. The van der Waals surface area contributed by atoms with E-state index in [1.165, 1.54) is 16.7 Å². The highest BCUT2D eigenvalue weighted by molar-refractivity contribution is 9.10. The van der Waals surface area contributed by atoms with E-state index in [1.807, 2.05) is 0 Å². The molecule has 0 saturated heterocycles. The van der Waals surface area contributed by atoms with E-state index in [0.717, 1.165) is 16.7 Å². The summed E-state index contributed by atoms with van der Waals surface area (Å²) in [7, 11) is 0. The van der Waals surface area contributed by atoms with E-state index in [-0.39, 0.29) is 0 Å². The maximum atomic E-state index is 3.57. The largest absolute Gasteiger partial charge is 0.380 e. The van der Waals surface area contributed by atoms with Gasteiger partial charge in [-0.15, -0.1) is 0 Å². The predicted octanol–water partition coefficient (Wildman–Crippen LogP) is 5.49. The molecule has 0 spiro atoms. The van der Waals surface area contributed by atoms with Crippen LogP contribution in [-0.4, -0.2) is 0 Å². The van der Waals surface area contributed by atoms with Gasteiger partial charge in [0, 0.05) is 16.7 Å². The normalized spacial score (nSPS) is 10.8. The lowest BCUT2D eigenvalue weighted by atomic mass is 10.0. The Kier molecular flexibility index (Phi) is 4.65. The van der Waals surface area contributed by atoms with Crippen LogP contribution in [-0.2, 0) is 6.54 Å². The first kappa shape index (κ1) is 14.1. The number of nitrogens with one attached hydrogen (secondary N) is 1. The van der Waals surface area contributed by atoms with E-state index >= 15 is 0 Å². The zero-order valence-corrected chi connectivity index (χ0v) is 13.3. The Labute approximate surface area is 124 Å². The Morgan fingerprint density at radius 2 is 1.74 bits per heavy atom. The van der Waals surface area contributed by atoms with Crippen molar-refractivity contribution in [3.8, 4) is 0 Å². The molecule has 1 nitrogen and oxygen atoms in total. The van der Waals surface area contributed by atoms with Gasteiger partial charge < -0.3 is 5.32 Å². The van der Waals surface area contributed by atoms with Crippen molar-refractivity contribution in [2.75, 3.05) is 5.32 Å². The van der Waals surface area contributed by atoms with Gasteiger partial charge in [0.2, 0.25) is 0 Å². The molecule has 0 unspecified atom stereocenters. The maximum absolute atomic E-state index is 3.57. The van der Waals surface area contributed by atoms with Gasteiger partial charge in [-0.2, -0.15) is 0 Å². The van der Waals surface area contributed by atoms with Crippen molar-refractivity contribution in [3.63, 3.8) is 0 Å². The zero-order chi connectivity index (χ0) is 13.8. The summed E-state index contributed by atoms with van der Waals surface area (Å²) in [6.07, 6.45) is 0. The fraction of sp³-hybridized carbons (Fsp3) is 0.294. The van der Waals surface area contributed by atoms with Gasteiger partial charge in [0.05, 0.1) is 0 Å². The van der Waals surface area contributed by atoms with Gasteiger partial charge in [-0.1, -0.05) is 44.2 Å². The number of aryl methyl sites for hydroxylation is 1. The van der Waals surface area contributed by atoms with E-state index in [2.05, 4.69) is 84.5 Å². The molecule has 0 aliphatic carbocycles. The minimum Gasteiger partial charge on any atom is -0.380 e. The van der Waals surface area contributed by atoms with Gasteiger partial charge in [-0.05, 0) is 57.6 Å². The van der Waals surface area contributed by atoms with Gasteiger partial charge in [0.25, 0.3) is 0 Å². The van der Waals surface area contributed by atoms with Crippen molar-refractivity contribution in [1.82, 2.24) is 0 Å². The van der Waals surface area contributed by atoms with E-state index in [1.54, 1.807) is 0 Å². The van der Waals surface area contributed by atoms with Crippen molar-refractivity contribution < 1.29 is 0 Å². The second-order valence-electron chi connectivity index (χ2n) is 5.23. The highest BCUT2D eigenvalue weighted by atomic mass is 79.9. The fourth-order valence-corrected chi connectivity index (χ4v) is 2.38. The molecule has 0 radical (unpaired) electrons. The molecule has 1 N–H and O–H groups in total. The standard InChI is InChI=1S/C17H20BrN/c1-12(2)15-7-5-14(6-8-15)11-19-17-10-13(3)4-9-16(17)18/h4-10,12,19H,11H2,1-3H3. The van der Waals surface area contributed by atoms with Crippen molar-refractivity contribution in [2.45, 2.75) is 33.2 Å². The number of hydrogen-bond donors (Lipinski definition) is 1. The topological polar surface area (TPSA) is 12.0 Å². The molecule has 19 heavy (non-hydrogen) atoms. The number of halogens is 1. The minimum atomic E-state index is 0.591. The molecule has 0 saturated carbocycles. The molecule has 0 bridgehead atoms. The third-order valence-electron chi connectivity index (χ3n) is 3.25. The van der Waals surface area contributed by atoms with E-state index in [0.29, 0.717) is 5.92 Å². The molecule has 2 rings (SSSR count). The van der Waals surface area contributed by atoms with Crippen molar-refractivity contribution in [3.05, 3.63) is 63.6 Å². The van der Waals surface area contributed by atoms with Crippen LogP contribution in [0.25, 0.3) is 0 Å². The van der Waals surface area contributed by atoms with Crippen LogP contribution < -0.4 is 5.32 Å². The molecule has 2 aromatic carbocycles. The van der Waals surface area contributed by atoms with Crippen LogP contribution in [0, 0.1) is 6.92 Å². The second kappa shape index (κ2) is 6.25. The van der Waals surface area contributed by atoms with Crippen molar-refractivity contribution in [1.29, 1.82) is 0 Å². The van der Waals surface area contributed by atoms with Crippen LogP contribution in [0.3, 0.4) is 0 Å². The molecule has 0 heterocycles. The summed E-state index contributed by atoms with van der Waals surface area (Å²) in [4.78, 5) is 0. The highest BCUT2D eigenvalue weighted by Crippen LogP contribution is 2.24. The van der Waals surface area contributed by atoms with Gasteiger partial charge in [-0.25, -0.2) is 0 Å². The molecule has 0 aliphatic rings. The lowest BCUT2D eigenvalue weighted by Crippen LogP contribution is -2.00. The van der Waals surface area contributed by atoms with E-state index in [4.69, 9.17) is 0 Å². The first-order valence-corrected chi connectivity index (χ1v) is 7.44. The Morgan fingerprint density at radius 1 is 1.05 bits per heavy atom. The molecule has 2 aromatic rings. The van der Waals surface area contributed by atoms with Gasteiger partial charge in [-0.3, -0.25) is 0 Å². The van der Waals surface area contributed by atoms with Crippen LogP contribution in [0.15, 0.2) is 46.9 Å². The van der Waals surface area contributed by atoms with Gasteiger partial charge in [0.1, 0.15) is 0 Å². The quantitative estimate of drug-likeness (QED) is 0.785. The lowest BCUT2D eigenvalue weighted by molar-refractivity contribution is 0.865. The smallest absolute Gasteiger partial charge is 0.0489 e. The monoisotopic (exact) mass is 317 g/mol. The summed E-state index contributed by atoms with van der Waals surface area (Å²) in [6.45, 7) is 7.39. The Bertz CT molecular complexity index is 544. The van der Waals surface area contributed by atoms with Gasteiger partial charge in [0.15, 0.2) is 0 Å². The first-order valence-electron chi connectivity index (χ1n) is 6.65. The average molecular weight is 318 g/mol. The van der Waals surface area contributed by atoms with Crippen LogP contribution in [0.4, 0.5) is 5.69 Å². The molecule has 0 aliphatic heterocycles. The molecule has 0 atom stereocenters. The predicted molar refractivity (Wildman–Crippen MR) is 86.7 cm³/mol. The molecule has 100 valence electrons. The highest BCUT2D eigenvalue weighted by Gasteiger charge is 2.01. The SMILES string of the molecule is Cc1ccc(Br)c(NCc2ccc(C(C)C)cc2)c1. The molecule has 0 amide bonds. The number of benzene rings is 2. The molecule has 0 aromatic heterocycles. The third-order valence-corrected chi connectivity index (χ3v) is 3.94. The molecular weight excluding hydrogens is 298 g/mol. The lowest BCUT2D eigenvalue weighted by Gasteiger charge is -2.11. The fourth-order valence-electron chi connectivity index (χ4n) is 1.99. The first-order chi connectivity index (χ1) is 9.06. The summed E-state index contributed by atoms with van der Waals surface area (Å²) < 4.78 is 1.11. The van der Waals surface area contributed by atoms with Crippen LogP contribution in [0.5, 0.6) is 0 Å². The van der Waals surface area contributed by atoms with Crippen LogP contribution >= 0.6 is 15.9 Å². The van der Waals surface area contributed by atoms with Crippen LogP contribution in [0.2, 0.25) is 0 Å². The number of anilines is 1. The Hall–Kier alpha value is -1.28. The van der Waals surface area contributed by atoms with Crippen LogP contribution in [0.1, 0.15) is 36.5 Å². The second-order valence-corrected chi connectivity index (χ2v) is 6.09. The van der Waals surface area contributed by atoms with E-state index < -0.39 is 0 Å². The zero-order valence-electron chi connectivity index (χ0n) is 11.7. The summed E-state index contributed by atoms with van der Waals surface area (Å²) in [5.74, 6) is 0.591. The summed E-state index contributed by atoms with van der Waals surface area (Å²) in [5, 5.41) is 3.47. The van der Waals surface area contributed by atoms with Gasteiger partial charge >= 0.3 is 0 Å². The summed E-state index contributed by atoms with van der Waals surface area (Å²) in [6, 6.07) is 15.2. The molecule has 2 heteroatoms. The third kappa shape index (κ3) is 3.84. The summed E-state index contributed by atoms with van der Waals surface area (Å²) in [5.41, 5.74) is 5.10.